The molecule has 17 heavy (non-hydrogen) atoms. The Balaban J connectivity index is 2.82. The molecule has 1 aromatic carbocycles. The maximum absolute atomic E-state index is 13.2. The molecule has 0 spiro atoms. The van der Waals surface area contributed by atoms with E-state index in [2.05, 4.69) is 0 Å². The van der Waals surface area contributed by atoms with Crippen LogP contribution in [-0.2, 0) is 0 Å². The fourth-order valence-corrected chi connectivity index (χ4v) is 2.00. The quantitative estimate of drug-likeness (QED) is 0.804. The molecule has 0 aliphatic carbocycles. The zero-order valence-corrected chi connectivity index (χ0v) is 10.1. The van der Waals surface area contributed by atoms with Crippen LogP contribution in [0.25, 0.3) is 0 Å². The third-order valence-electron chi connectivity index (χ3n) is 3.19. The highest BCUT2D eigenvalue weighted by Crippen LogP contribution is 2.27. The topological polar surface area (TPSA) is 52.0 Å². The fraction of sp³-hybridized carbons (Fsp3) is 0.538. The van der Waals surface area contributed by atoms with Crippen molar-refractivity contribution in [2.45, 2.75) is 25.7 Å². The van der Waals surface area contributed by atoms with Crippen LogP contribution in [-0.4, -0.2) is 13.1 Å². The van der Waals surface area contributed by atoms with Gasteiger partial charge in [0.2, 0.25) is 0 Å². The number of nitrogens with two attached hydrogens (primary N) is 2. The van der Waals surface area contributed by atoms with Crippen molar-refractivity contribution in [3.05, 3.63) is 35.4 Å². The molecule has 0 saturated heterocycles. The Hall–Kier alpha value is -1.00. The third-order valence-corrected chi connectivity index (χ3v) is 3.19. The van der Waals surface area contributed by atoms with Crippen LogP contribution in [0.1, 0.15) is 31.2 Å². The Bertz CT molecular complexity index is 351. The molecule has 1 aromatic rings. The molecule has 0 heterocycles. The summed E-state index contributed by atoms with van der Waals surface area (Å²) in [4.78, 5) is 0. The molecule has 0 aromatic heterocycles. The van der Waals surface area contributed by atoms with Gasteiger partial charge in [-0.3, -0.25) is 0 Å². The minimum atomic E-state index is -0.808. The Morgan fingerprint density at radius 1 is 1.12 bits per heavy atom. The molecule has 0 radical (unpaired) electrons. The van der Waals surface area contributed by atoms with Gasteiger partial charge in [0.1, 0.15) is 0 Å². The minimum absolute atomic E-state index is 0.183. The third kappa shape index (κ3) is 3.75. The average molecular weight is 242 g/mol. The molecule has 1 unspecified atom stereocenters. The van der Waals surface area contributed by atoms with E-state index in [-0.39, 0.29) is 11.8 Å². The Morgan fingerprint density at radius 3 is 2.24 bits per heavy atom. The van der Waals surface area contributed by atoms with Crippen molar-refractivity contribution in [2.24, 2.45) is 17.4 Å². The van der Waals surface area contributed by atoms with E-state index < -0.39 is 11.6 Å². The van der Waals surface area contributed by atoms with Gasteiger partial charge in [-0.15, -0.1) is 0 Å². The number of rotatable bonds is 6. The maximum Gasteiger partial charge on any atom is 0.159 e. The summed E-state index contributed by atoms with van der Waals surface area (Å²) in [5, 5.41) is 0. The first-order chi connectivity index (χ1) is 8.12. The first-order valence-electron chi connectivity index (χ1n) is 5.97. The van der Waals surface area contributed by atoms with E-state index in [1.165, 1.54) is 12.1 Å². The fourth-order valence-electron chi connectivity index (χ4n) is 2.00. The Kier molecular flexibility index (Phi) is 5.51. The van der Waals surface area contributed by atoms with Gasteiger partial charge in [-0.05, 0) is 55.5 Å². The average Bonchev–Trinajstić information content (AvgIpc) is 2.35. The molecule has 1 rings (SSSR count). The first-order valence-corrected chi connectivity index (χ1v) is 5.97. The van der Waals surface area contributed by atoms with Gasteiger partial charge >= 0.3 is 0 Å². The maximum atomic E-state index is 13.2. The van der Waals surface area contributed by atoms with Gasteiger partial charge in [0.05, 0.1) is 0 Å². The van der Waals surface area contributed by atoms with Crippen LogP contribution < -0.4 is 11.5 Å². The standard InChI is InChI=1S/C13H20F2N2/c1-2-10(5-9(7-16)8-17)11-3-4-12(14)13(15)6-11/h3-4,6,9-10H,2,5,7-8,16-17H2,1H3. The van der Waals surface area contributed by atoms with Crippen molar-refractivity contribution in [3.63, 3.8) is 0 Å². The molecule has 4 heteroatoms. The van der Waals surface area contributed by atoms with E-state index in [9.17, 15) is 8.78 Å². The lowest BCUT2D eigenvalue weighted by Gasteiger charge is -2.21. The van der Waals surface area contributed by atoms with Crippen molar-refractivity contribution < 1.29 is 8.78 Å². The highest BCUT2D eigenvalue weighted by Gasteiger charge is 2.16. The second-order valence-electron chi connectivity index (χ2n) is 4.35. The molecule has 0 amide bonds. The summed E-state index contributed by atoms with van der Waals surface area (Å²) in [6.07, 6.45) is 1.68. The lowest BCUT2D eigenvalue weighted by Crippen LogP contribution is -2.25. The number of benzene rings is 1. The highest BCUT2D eigenvalue weighted by atomic mass is 19.2. The summed E-state index contributed by atoms with van der Waals surface area (Å²) in [5.41, 5.74) is 12.0. The van der Waals surface area contributed by atoms with E-state index in [0.717, 1.165) is 18.4 Å². The summed E-state index contributed by atoms with van der Waals surface area (Å²) in [6.45, 7) is 3.07. The monoisotopic (exact) mass is 242 g/mol. The second-order valence-corrected chi connectivity index (χ2v) is 4.35. The van der Waals surface area contributed by atoms with E-state index in [0.29, 0.717) is 13.1 Å². The van der Waals surface area contributed by atoms with Gasteiger partial charge in [-0.25, -0.2) is 8.78 Å². The number of hydrogen-bond donors (Lipinski definition) is 2. The van der Waals surface area contributed by atoms with Crippen LogP contribution in [0.4, 0.5) is 8.78 Å². The largest absolute Gasteiger partial charge is 0.330 e. The predicted molar refractivity (Wildman–Crippen MR) is 65.6 cm³/mol. The van der Waals surface area contributed by atoms with Crippen LogP contribution in [0.3, 0.4) is 0 Å². The molecule has 96 valence electrons. The van der Waals surface area contributed by atoms with Gasteiger partial charge < -0.3 is 11.5 Å². The molecule has 1 atom stereocenters. The van der Waals surface area contributed by atoms with Crippen LogP contribution >= 0.6 is 0 Å². The molecule has 0 saturated carbocycles. The van der Waals surface area contributed by atoms with E-state index in [1.54, 1.807) is 6.07 Å². The van der Waals surface area contributed by atoms with Crippen LogP contribution in [0.5, 0.6) is 0 Å². The molecule has 0 aliphatic heterocycles. The molecule has 0 aliphatic rings. The summed E-state index contributed by atoms with van der Waals surface area (Å²) in [7, 11) is 0. The Morgan fingerprint density at radius 2 is 1.76 bits per heavy atom. The highest BCUT2D eigenvalue weighted by molar-refractivity contribution is 5.21. The number of hydrogen-bond acceptors (Lipinski definition) is 2. The van der Waals surface area contributed by atoms with Crippen LogP contribution in [0, 0.1) is 17.6 Å². The van der Waals surface area contributed by atoms with Gasteiger partial charge in [0.15, 0.2) is 11.6 Å². The summed E-state index contributed by atoms with van der Waals surface area (Å²) in [6, 6.07) is 4.08. The van der Waals surface area contributed by atoms with Gasteiger partial charge in [0.25, 0.3) is 0 Å². The van der Waals surface area contributed by atoms with Crippen molar-refractivity contribution in [3.8, 4) is 0 Å². The van der Waals surface area contributed by atoms with Crippen LogP contribution in [0.2, 0.25) is 0 Å². The zero-order valence-electron chi connectivity index (χ0n) is 10.1. The van der Waals surface area contributed by atoms with E-state index in [1.807, 2.05) is 6.92 Å². The molecule has 4 N–H and O–H groups in total. The van der Waals surface area contributed by atoms with Gasteiger partial charge in [0, 0.05) is 0 Å². The first kappa shape index (κ1) is 14.1. The molecule has 0 bridgehead atoms. The summed E-state index contributed by atoms with van der Waals surface area (Å²) >= 11 is 0. The van der Waals surface area contributed by atoms with Gasteiger partial charge in [-0.2, -0.15) is 0 Å². The zero-order chi connectivity index (χ0) is 12.8. The molecular weight excluding hydrogens is 222 g/mol. The summed E-state index contributed by atoms with van der Waals surface area (Å²) < 4.78 is 26.0. The van der Waals surface area contributed by atoms with E-state index >= 15 is 0 Å². The molecule has 2 nitrogen and oxygen atoms in total. The molecule has 0 fully saturated rings. The van der Waals surface area contributed by atoms with Crippen molar-refractivity contribution in [1.29, 1.82) is 0 Å². The number of halogens is 2. The van der Waals surface area contributed by atoms with Gasteiger partial charge in [-0.1, -0.05) is 13.0 Å². The lowest BCUT2D eigenvalue weighted by molar-refractivity contribution is 0.438. The van der Waals surface area contributed by atoms with Crippen molar-refractivity contribution >= 4 is 0 Å². The molecular formula is C13H20F2N2. The van der Waals surface area contributed by atoms with E-state index in [4.69, 9.17) is 11.5 Å². The van der Waals surface area contributed by atoms with Crippen molar-refractivity contribution in [2.75, 3.05) is 13.1 Å². The SMILES string of the molecule is CCC(CC(CN)CN)c1ccc(F)c(F)c1. The normalized spacial score (nSPS) is 13.1. The predicted octanol–water partition coefficient (Wildman–Crippen LogP) is 2.38. The Labute approximate surface area is 101 Å². The van der Waals surface area contributed by atoms with Crippen molar-refractivity contribution in [1.82, 2.24) is 0 Å². The summed E-state index contributed by atoms with van der Waals surface area (Å²) in [5.74, 6) is -1.19. The smallest absolute Gasteiger partial charge is 0.159 e. The van der Waals surface area contributed by atoms with Crippen LogP contribution in [0.15, 0.2) is 18.2 Å². The minimum Gasteiger partial charge on any atom is -0.330 e. The lowest BCUT2D eigenvalue weighted by atomic mass is 9.87. The second kappa shape index (κ2) is 6.67.